The van der Waals surface area contributed by atoms with E-state index in [4.69, 9.17) is 9.15 Å². The minimum atomic E-state index is -0.623. The van der Waals surface area contributed by atoms with E-state index >= 15 is 0 Å². The zero-order valence-corrected chi connectivity index (χ0v) is 19.5. The first-order valence-corrected chi connectivity index (χ1v) is 11.1. The third-order valence-electron chi connectivity index (χ3n) is 5.28. The molecule has 0 aliphatic carbocycles. The Morgan fingerprint density at radius 2 is 1.94 bits per heavy atom. The fourth-order valence-electron chi connectivity index (χ4n) is 3.72. The summed E-state index contributed by atoms with van der Waals surface area (Å²) in [6, 6.07) is 10.9. The molecular weight excluding hydrogens is 426 g/mol. The van der Waals surface area contributed by atoms with Gasteiger partial charge in [-0.1, -0.05) is 23.5 Å². The number of hydrogen-bond acceptors (Lipinski definition) is 7. The molecule has 4 rings (SSSR count). The van der Waals surface area contributed by atoms with Gasteiger partial charge in [-0.05, 0) is 50.6 Å². The number of fused-ring (bicyclic) bond motifs is 1. The van der Waals surface area contributed by atoms with E-state index in [-0.39, 0.29) is 12.2 Å². The van der Waals surface area contributed by atoms with E-state index in [0.29, 0.717) is 26.4 Å². The van der Waals surface area contributed by atoms with E-state index in [1.807, 2.05) is 62.3 Å². The van der Waals surface area contributed by atoms with Crippen LogP contribution < -0.4 is 19.8 Å². The van der Waals surface area contributed by atoms with Gasteiger partial charge in [-0.2, -0.15) is 0 Å². The number of aryl methyl sites for hydroxylation is 1. The molecule has 3 aromatic rings. The fourth-order valence-corrected chi connectivity index (χ4v) is 4.75. The number of carbonyl (C=O) groups excluding carboxylic acids is 1. The summed E-state index contributed by atoms with van der Waals surface area (Å²) >= 11 is 1.28. The zero-order chi connectivity index (χ0) is 23.0. The van der Waals surface area contributed by atoms with Crippen molar-refractivity contribution in [2.75, 3.05) is 25.6 Å². The highest BCUT2D eigenvalue weighted by Gasteiger charge is 2.33. The third kappa shape index (κ3) is 3.93. The van der Waals surface area contributed by atoms with E-state index < -0.39 is 12.0 Å². The first-order chi connectivity index (χ1) is 15.3. The first-order valence-electron chi connectivity index (χ1n) is 10.3. The van der Waals surface area contributed by atoms with E-state index in [0.717, 1.165) is 17.0 Å². The molecule has 32 heavy (non-hydrogen) atoms. The normalized spacial score (nSPS) is 16.0. The second-order valence-electron chi connectivity index (χ2n) is 7.74. The van der Waals surface area contributed by atoms with Crippen molar-refractivity contribution in [2.24, 2.45) is 4.99 Å². The van der Waals surface area contributed by atoms with Crippen molar-refractivity contribution in [1.82, 2.24) is 4.57 Å². The third-order valence-corrected chi connectivity index (χ3v) is 6.26. The number of carbonyl (C=O) groups is 1. The van der Waals surface area contributed by atoms with Crippen LogP contribution >= 0.6 is 11.3 Å². The number of anilines is 1. The first kappa shape index (κ1) is 21.8. The van der Waals surface area contributed by atoms with Crippen LogP contribution in [0.15, 0.2) is 61.9 Å². The Morgan fingerprint density at radius 3 is 2.53 bits per heavy atom. The van der Waals surface area contributed by atoms with Crippen LogP contribution in [0.2, 0.25) is 0 Å². The maximum atomic E-state index is 13.5. The largest absolute Gasteiger partial charge is 0.463 e. The predicted molar refractivity (Wildman–Crippen MR) is 125 cm³/mol. The topological polar surface area (TPSA) is 77.0 Å². The minimum absolute atomic E-state index is 0.223. The second-order valence-corrected chi connectivity index (χ2v) is 8.75. The van der Waals surface area contributed by atoms with Crippen molar-refractivity contribution in [1.29, 1.82) is 0 Å². The summed E-state index contributed by atoms with van der Waals surface area (Å²) in [5.41, 5.74) is 2.53. The number of allylic oxidation sites excluding steroid dienone is 1. The van der Waals surface area contributed by atoms with Gasteiger partial charge in [0.15, 0.2) is 4.80 Å². The van der Waals surface area contributed by atoms with Gasteiger partial charge in [0.1, 0.15) is 11.5 Å². The Morgan fingerprint density at radius 1 is 1.22 bits per heavy atom. The van der Waals surface area contributed by atoms with Gasteiger partial charge >= 0.3 is 5.97 Å². The highest BCUT2D eigenvalue weighted by atomic mass is 32.1. The molecule has 0 radical (unpaired) electrons. The van der Waals surface area contributed by atoms with Crippen molar-refractivity contribution < 1.29 is 13.9 Å². The summed E-state index contributed by atoms with van der Waals surface area (Å²) in [4.78, 5) is 33.5. The molecular formula is C24H25N3O4S. The van der Waals surface area contributed by atoms with Crippen LogP contribution in [0.25, 0.3) is 6.08 Å². The van der Waals surface area contributed by atoms with E-state index in [9.17, 15) is 9.59 Å². The van der Waals surface area contributed by atoms with Crippen molar-refractivity contribution >= 4 is 29.1 Å². The predicted octanol–water partition coefficient (Wildman–Crippen LogP) is 2.77. The van der Waals surface area contributed by atoms with Crippen molar-refractivity contribution in [2.45, 2.75) is 26.8 Å². The molecule has 7 nitrogen and oxygen atoms in total. The molecule has 0 amide bonds. The molecule has 0 saturated heterocycles. The lowest BCUT2D eigenvalue weighted by atomic mass is 9.95. The Balaban J connectivity index is 1.93. The van der Waals surface area contributed by atoms with Crippen molar-refractivity contribution in [3.63, 3.8) is 0 Å². The average molecular weight is 452 g/mol. The van der Waals surface area contributed by atoms with Crippen LogP contribution in [0, 0.1) is 6.92 Å². The Kier molecular flexibility index (Phi) is 5.88. The Bertz CT molecular complexity index is 1370. The van der Waals surface area contributed by atoms with Gasteiger partial charge < -0.3 is 14.1 Å². The number of furan rings is 1. The number of esters is 1. The molecule has 1 atom stereocenters. The van der Waals surface area contributed by atoms with Gasteiger partial charge in [-0.25, -0.2) is 9.79 Å². The van der Waals surface area contributed by atoms with Gasteiger partial charge in [0, 0.05) is 25.9 Å². The molecule has 0 bridgehead atoms. The number of aromatic nitrogens is 1. The lowest BCUT2D eigenvalue weighted by Crippen LogP contribution is -2.39. The number of hydrogen-bond donors (Lipinski definition) is 0. The van der Waals surface area contributed by atoms with E-state index in [2.05, 4.69) is 4.99 Å². The fraction of sp³-hybridized carbons (Fsp3) is 0.292. The van der Waals surface area contributed by atoms with Gasteiger partial charge in [0.2, 0.25) is 0 Å². The van der Waals surface area contributed by atoms with Crippen molar-refractivity contribution in [3.8, 4) is 0 Å². The van der Waals surface area contributed by atoms with Gasteiger partial charge in [-0.15, -0.1) is 0 Å². The number of rotatable bonds is 5. The Labute approximate surface area is 189 Å². The average Bonchev–Trinajstić information content (AvgIpc) is 3.30. The van der Waals surface area contributed by atoms with Crippen LogP contribution in [0.5, 0.6) is 0 Å². The molecule has 1 aromatic carbocycles. The maximum Gasteiger partial charge on any atom is 0.338 e. The summed E-state index contributed by atoms with van der Waals surface area (Å²) in [6.07, 6.45) is 1.71. The van der Waals surface area contributed by atoms with Crippen molar-refractivity contribution in [3.05, 3.63) is 84.4 Å². The van der Waals surface area contributed by atoms with Gasteiger partial charge in [-0.3, -0.25) is 9.36 Å². The molecule has 0 unspecified atom stereocenters. The van der Waals surface area contributed by atoms with Crippen LogP contribution in [-0.4, -0.2) is 31.2 Å². The van der Waals surface area contributed by atoms with E-state index in [1.54, 1.807) is 24.5 Å². The minimum Gasteiger partial charge on any atom is -0.463 e. The summed E-state index contributed by atoms with van der Waals surface area (Å²) in [7, 11) is 3.92. The molecule has 166 valence electrons. The standard InChI is InChI=1S/C24H25N3O4S/c1-6-30-23(29)20-15(3)25-24-27(21(20)16-8-10-17(11-9-16)26(4)5)22(28)19(32-24)13-18-12-7-14(2)31-18/h7-13,21H,6H2,1-5H3/b19-13+/t21-/m0/s1. The molecule has 0 saturated carbocycles. The molecule has 8 heteroatoms. The molecule has 0 fully saturated rings. The van der Waals surface area contributed by atoms with Crippen LogP contribution in [0.1, 0.15) is 37.0 Å². The van der Waals surface area contributed by atoms with E-state index in [1.165, 1.54) is 11.3 Å². The smallest absolute Gasteiger partial charge is 0.338 e. The summed E-state index contributed by atoms with van der Waals surface area (Å²) in [5.74, 6) is 0.899. The molecule has 1 aliphatic rings. The number of nitrogens with zero attached hydrogens (tertiary/aromatic N) is 3. The molecule has 0 spiro atoms. The zero-order valence-electron chi connectivity index (χ0n) is 18.7. The second kappa shape index (κ2) is 8.63. The monoisotopic (exact) mass is 451 g/mol. The lowest BCUT2D eigenvalue weighted by Gasteiger charge is -2.25. The highest BCUT2D eigenvalue weighted by Crippen LogP contribution is 2.31. The lowest BCUT2D eigenvalue weighted by molar-refractivity contribution is -0.139. The molecule has 2 aromatic heterocycles. The SMILES string of the molecule is CCOC(=O)C1=C(C)N=c2s/c(=C/c3ccc(C)o3)c(=O)n2[C@H]1c1ccc(N(C)C)cc1. The highest BCUT2D eigenvalue weighted by molar-refractivity contribution is 7.07. The number of benzene rings is 1. The van der Waals surface area contributed by atoms with Gasteiger partial charge in [0.05, 0.1) is 28.5 Å². The number of thiazole rings is 1. The van der Waals surface area contributed by atoms with Crippen LogP contribution in [-0.2, 0) is 9.53 Å². The van der Waals surface area contributed by atoms with Crippen LogP contribution in [0.4, 0.5) is 5.69 Å². The van der Waals surface area contributed by atoms with Gasteiger partial charge in [0.25, 0.3) is 5.56 Å². The molecule has 0 N–H and O–H groups in total. The summed E-state index contributed by atoms with van der Waals surface area (Å²) in [6.45, 7) is 5.63. The number of ether oxygens (including phenoxy) is 1. The summed E-state index contributed by atoms with van der Waals surface area (Å²) in [5, 5.41) is 0. The maximum absolute atomic E-state index is 13.5. The summed E-state index contributed by atoms with van der Waals surface area (Å²) < 4.78 is 13.0. The molecule has 1 aliphatic heterocycles. The Hall–Kier alpha value is -3.39. The quantitative estimate of drug-likeness (QED) is 0.558. The molecule has 3 heterocycles. The van der Waals surface area contributed by atoms with Crippen LogP contribution in [0.3, 0.4) is 0 Å².